The second kappa shape index (κ2) is 7.49. The van der Waals surface area contributed by atoms with Gasteiger partial charge in [-0.1, -0.05) is 12.1 Å². The molecule has 0 radical (unpaired) electrons. The molecule has 1 aromatic carbocycles. The van der Waals surface area contributed by atoms with E-state index in [0.717, 1.165) is 60.5 Å². The maximum atomic E-state index is 10.2. The van der Waals surface area contributed by atoms with E-state index >= 15 is 0 Å². The number of benzene rings is 1. The number of morpholine rings is 1. The molecular formula is C22H28N2O3. The summed E-state index contributed by atoms with van der Waals surface area (Å²) in [6, 6.07) is 8.58. The van der Waals surface area contributed by atoms with Crippen molar-refractivity contribution >= 4 is 5.69 Å². The van der Waals surface area contributed by atoms with Gasteiger partial charge in [-0.05, 0) is 50.8 Å². The van der Waals surface area contributed by atoms with E-state index in [0.29, 0.717) is 0 Å². The van der Waals surface area contributed by atoms with E-state index in [1.165, 1.54) is 5.69 Å². The first-order valence-electron chi connectivity index (χ1n) is 9.81. The number of rotatable bonds is 3. The van der Waals surface area contributed by atoms with Crippen LogP contribution in [0.15, 0.2) is 30.5 Å². The van der Waals surface area contributed by atoms with Crippen LogP contribution >= 0.6 is 0 Å². The van der Waals surface area contributed by atoms with Crippen LogP contribution in [0.5, 0.6) is 5.75 Å². The first-order valence-corrected chi connectivity index (χ1v) is 9.81. The monoisotopic (exact) mass is 368 g/mol. The van der Waals surface area contributed by atoms with Crippen LogP contribution < -0.4 is 9.64 Å². The Morgan fingerprint density at radius 2 is 1.85 bits per heavy atom. The lowest BCUT2D eigenvalue weighted by Gasteiger charge is -2.37. The third kappa shape index (κ3) is 3.54. The van der Waals surface area contributed by atoms with E-state index in [1.54, 1.807) is 7.11 Å². The van der Waals surface area contributed by atoms with Gasteiger partial charge in [-0.3, -0.25) is 4.98 Å². The van der Waals surface area contributed by atoms with Crippen LogP contribution in [0.1, 0.15) is 44.1 Å². The standard InChI is InChI=1S/C22H28N2O3/c1-14-12-24(13-15(2)27-14)17-9-7-16(8-10-17)19-11-23-21-18(22(19)26-3)5-4-6-20(21)25/h7-11,14-15,20,25H,4-6,12-13H2,1-3H3/t14-,15+,20?. The maximum Gasteiger partial charge on any atom is 0.133 e. The Morgan fingerprint density at radius 1 is 1.15 bits per heavy atom. The fraction of sp³-hybridized carbons (Fsp3) is 0.500. The average Bonchev–Trinajstić information content (AvgIpc) is 2.67. The molecule has 1 aromatic heterocycles. The average molecular weight is 368 g/mol. The second-order valence-electron chi connectivity index (χ2n) is 7.69. The van der Waals surface area contributed by atoms with Crippen molar-refractivity contribution < 1.29 is 14.6 Å². The van der Waals surface area contributed by atoms with Crippen molar-refractivity contribution in [1.29, 1.82) is 0 Å². The first kappa shape index (κ1) is 18.3. The van der Waals surface area contributed by atoms with Crippen molar-refractivity contribution in [2.24, 2.45) is 0 Å². The van der Waals surface area contributed by atoms with Gasteiger partial charge in [0.2, 0.25) is 0 Å². The lowest BCUT2D eigenvalue weighted by Crippen LogP contribution is -2.45. The predicted octanol–water partition coefficient (Wildman–Crippen LogP) is 3.74. The van der Waals surface area contributed by atoms with E-state index < -0.39 is 6.10 Å². The lowest BCUT2D eigenvalue weighted by atomic mass is 9.90. The van der Waals surface area contributed by atoms with Crippen LogP contribution in [-0.4, -0.2) is 42.5 Å². The molecule has 4 rings (SSSR count). The fourth-order valence-corrected chi connectivity index (χ4v) is 4.37. The SMILES string of the molecule is COc1c(-c2ccc(N3C[C@@H](C)O[C@@H](C)C3)cc2)cnc2c1CCCC2O. The molecule has 1 aliphatic carbocycles. The van der Waals surface area contributed by atoms with Gasteiger partial charge in [-0.25, -0.2) is 0 Å². The van der Waals surface area contributed by atoms with Crippen molar-refractivity contribution in [2.45, 2.75) is 51.4 Å². The van der Waals surface area contributed by atoms with Gasteiger partial charge >= 0.3 is 0 Å². The molecule has 1 aliphatic heterocycles. The molecule has 144 valence electrons. The summed E-state index contributed by atoms with van der Waals surface area (Å²) in [7, 11) is 1.70. The number of hydrogen-bond donors (Lipinski definition) is 1. The Hall–Kier alpha value is -2.11. The molecule has 2 heterocycles. The Morgan fingerprint density at radius 3 is 2.52 bits per heavy atom. The van der Waals surface area contributed by atoms with Gasteiger partial charge < -0.3 is 19.5 Å². The van der Waals surface area contributed by atoms with Gasteiger partial charge in [0.15, 0.2) is 0 Å². The van der Waals surface area contributed by atoms with Crippen molar-refractivity contribution in [3.63, 3.8) is 0 Å². The van der Waals surface area contributed by atoms with Gasteiger partial charge in [0.1, 0.15) is 5.75 Å². The molecule has 5 nitrogen and oxygen atoms in total. The molecule has 0 amide bonds. The Balaban J connectivity index is 1.64. The highest BCUT2D eigenvalue weighted by atomic mass is 16.5. The first-order chi connectivity index (χ1) is 13.1. The molecule has 5 heteroatoms. The summed E-state index contributed by atoms with van der Waals surface area (Å²) >= 11 is 0. The largest absolute Gasteiger partial charge is 0.496 e. The summed E-state index contributed by atoms with van der Waals surface area (Å²) in [6.07, 6.45) is 4.47. The van der Waals surface area contributed by atoms with Crippen molar-refractivity contribution in [3.05, 3.63) is 41.7 Å². The van der Waals surface area contributed by atoms with Crippen LogP contribution in [0.4, 0.5) is 5.69 Å². The third-order valence-electron chi connectivity index (χ3n) is 5.55. The summed E-state index contributed by atoms with van der Waals surface area (Å²) in [5, 5.41) is 10.2. The van der Waals surface area contributed by atoms with Crippen molar-refractivity contribution in [3.8, 4) is 16.9 Å². The number of anilines is 1. The van der Waals surface area contributed by atoms with Crippen LogP contribution in [0.25, 0.3) is 11.1 Å². The number of fused-ring (bicyclic) bond motifs is 1. The number of nitrogens with zero attached hydrogens (tertiary/aromatic N) is 2. The third-order valence-corrected chi connectivity index (χ3v) is 5.55. The predicted molar refractivity (Wildman–Crippen MR) is 106 cm³/mol. The second-order valence-corrected chi connectivity index (χ2v) is 7.69. The van der Waals surface area contributed by atoms with E-state index in [-0.39, 0.29) is 12.2 Å². The smallest absolute Gasteiger partial charge is 0.133 e. The Bertz CT molecular complexity index is 796. The summed E-state index contributed by atoms with van der Waals surface area (Å²) in [5.41, 5.74) is 5.10. The maximum absolute atomic E-state index is 10.2. The van der Waals surface area contributed by atoms with E-state index in [2.05, 4.69) is 48.0 Å². The highest BCUT2D eigenvalue weighted by molar-refractivity contribution is 5.73. The lowest BCUT2D eigenvalue weighted by molar-refractivity contribution is -0.00521. The number of aromatic nitrogens is 1. The zero-order valence-electron chi connectivity index (χ0n) is 16.3. The van der Waals surface area contributed by atoms with Crippen molar-refractivity contribution in [1.82, 2.24) is 4.98 Å². The quantitative estimate of drug-likeness (QED) is 0.894. The molecular weight excluding hydrogens is 340 g/mol. The zero-order chi connectivity index (χ0) is 19.0. The summed E-state index contributed by atoms with van der Waals surface area (Å²) < 4.78 is 11.6. The number of pyridine rings is 1. The number of methoxy groups -OCH3 is 1. The minimum absolute atomic E-state index is 0.241. The molecule has 27 heavy (non-hydrogen) atoms. The molecule has 3 atom stereocenters. The number of ether oxygens (including phenoxy) is 2. The molecule has 2 aromatic rings. The molecule has 0 spiro atoms. The van der Waals surface area contributed by atoms with Gasteiger partial charge in [-0.15, -0.1) is 0 Å². The van der Waals surface area contributed by atoms with E-state index in [4.69, 9.17) is 9.47 Å². The summed E-state index contributed by atoms with van der Waals surface area (Å²) in [4.78, 5) is 6.94. The summed E-state index contributed by atoms with van der Waals surface area (Å²) in [5.74, 6) is 0.847. The van der Waals surface area contributed by atoms with E-state index in [9.17, 15) is 5.11 Å². The van der Waals surface area contributed by atoms with E-state index in [1.807, 2.05) is 6.20 Å². The molecule has 0 saturated carbocycles. The van der Waals surface area contributed by atoms with Crippen LogP contribution in [-0.2, 0) is 11.2 Å². The molecule has 1 saturated heterocycles. The zero-order valence-corrected chi connectivity index (χ0v) is 16.3. The van der Waals surface area contributed by atoms with Crippen molar-refractivity contribution in [2.75, 3.05) is 25.1 Å². The van der Waals surface area contributed by atoms with Crippen LogP contribution in [0, 0.1) is 0 Å². The van der Waals surface area contributed by atoms with Gasteiger partial charge in [0.05, 0.1) is 31.1 Å². The Labute approximate surface area is 160 Å². The molecule has 0 bridgehead atoms. The molecule has 1 unspecified atom stereocenters. The molecule has 1 N–H and O–H groups in total. The van der Waals surface area contributed by atoms with Gasteiger partial charge in [-0.2, -0.15) is 0 Å². The fourth-order valence-electron chi connectivity index (χ4n) is 4.37. The van der Waals surface area contributed by atoms with Gasteiger partial charge in [0.25, 0.3) is 0 Å². The molecule has 2 aliphatic rings. The van der Waals surface area contributed by atoms with Crippen LogP contribution in [0.3, 0.4) is 0 Å². The van der Waals surface area contributed by atoms with Gasteiger partial charge in [0, 0.05) is 36.1 Å². The normalized spacial score (nSPS) is 25.2. The number of aliphatic hydroxyl groups excluding tert-OH is 1. The molecule has 1 fully saturated rings. The minimum atomic E-state index is -0.482. The highest BCUT2D eigenvalue weighted by Gasteiger charge is 2.26. The topological polar surface area (TPSA) is 54.8 Å². The summed E-state index contributed by atoms with van der Waals surface area (Å²) in [6.45, 7) is 6.06. The minimum Gasteiger partial charge on any atom is -0.496 e. The van der Waals surface area contributed by atoms with Crippen LogP contribution in [0.2, 0.25) is 0 Å². The highest BCUT2D eigenvalue weighted by Crippen LogP contribution is 2.40. The Kier molecular flexibility index (Phi) is 5.06. The number of aliphatic hydroxyl groups is 1. The number of hydrogen-bond acceptors (Lipinski definition) is 5.